The van der Waals surface area contributed by atoms with Crippen molar-refractivity contribution in [1.29, 1.82) is 0 Å². The second kappa shape index (κ2) is 5.81. The highest BCUT2D eigenvalue weighted by Gasteiger charge is 2.43. The molecular weight excluding hydrogens is 290 g/mol. The summed E-state index contributed by atoms with van der Waals surface area (Å²) < 4.78 is 5.19. The molecule has 2 aliphatic rings. The first-order valence-electron chi connectivity index (χ1n) is 6.78. The lowest BCUT2D eigenvalue weighted by molar-refractivity contribution is -0.00000510. The summed E-state index contributed by atoms with van der Waals surface area (Å²) in [6.07, 6.45) is 4.12. The monoisotopic (exact) mass is 308 g/mol. The molecule has 1 fully saturated rings. The Bertz CT molecular complexity index is 563. The molecule has 3 rings (SSSR count). The Morgan fingerprint density at radius 2 is 1.76 bits per heavy atom. The quantitative estimate of drug-likeness (QED) is 0.690. The number of hydrogen-bond donors (Lipinski definition) is 2. The van der Waals surface area contributed by atoms with Crippen LogP contribution in [-0.2, 0) is 0 Å². The van der Waals surface area contributed by atoms with Crippen molar-refractivity contribution >= 4 is 17.6 Å². The maximum absolute atomic E-state index is 6.11. The van der Waals surface area contributed by atoms with Crippen molar-refractivity contribution in [3.05, 3.63) is 24.3 Å². The van der Waals surface area contributed by atoms with E-state index in [9.17, 15) is 0 Å². The Labute approximate surface area is 130 Å². The van der Waals surface area contributed by atoms with E-state index in [1.807, 2.05) is 29.2 Å². The molecule has 0 atom stereocenters. The summed E-state index contributed by atoms with van der Waals surface area (Å²) in [5, 5.41) is 0. The van der Waals surface area contributed by atoms with Gasteiger partial charge in [0.25, 0.3) is 0 Å². The minimum atomic E-state index is -0.371. The number of rotatable bonds is 2. The smallest absolute Gasteiger partial charge is 0.220 e. The molecule has 0 unspecified atom stereocenters. The van der Waals surface area contributed by atoms with Crippen LogP contribution in [0.1, 0.15) is 25.7 Å². The van der Waals surface area contributed by atoms with E-state index < -0.39 is 0 Å². The second-order valence-electron chi connectivity index (χ2n) is 5.16. The minimum Gasteiger partial charge on any atom is -1.00 e. The summed E-state index contributed by atoms with van der Waals surface area (Å²) in [5.74, 6) is 1.49. The number of nitrogens with two attached hydrogens (primary N) is 2. The normalized spacial score (nSPS) is 19.8. The molecule has 1 aliphatic heterocycles. The topological polar surface area (TPSA) is 89.2 Å². The van der Waals surface area contributed by atoms with Crippen molar-refractivity contribution < 1.29 is 17.1 Å². The Morgan fingerprint density at radius 1 is 1.14 bits per heavy atom. The summed E-state index contributed by atoms with van der Waals surface area (Å²) in [6, 6.07) is 7.76. The van der Waals surface area contributed by atoms with Gasteiger partial charge in [-0.25, -0.2) is 4.99 Å². The van der Waals surface area contributed by atoms with Crippen LogP contribution < -0.4 is 33.5 Å². The van der Waals surface area contributed by atoms with Gasteiger partial charge in [-0.05, 0) is 49.9 Å². The van der Waals surface area contributed by atoms with E-state index in [1.54, 1.807) is 7.11 Å². The third-order valence-corrected chi connectivity index (χ3v) is 3.93. The van der Waals surface area contributed by atoms with E-state index in [0.717, 1.165) is 37.1 Å². The standard InChI is InChI=1S/C14H19N5O.ClH/c1-20-11-6-4-10(5-7-11)19-13(16)17-12(15)18-14(19)8-2-3-9-14;/h4-7H,2-3,8-9H2,1H3,(H4,15,16,17,18);1H/p-1. The summed E-state index contributed by atoms with van der Waals surface area (Å²) >= 11 is 0. The average Bonchev–Trinajstić information content (AvgIpc) is 2.87. The molecule has 0 aromatic heterocycles. The fourth-order valence-corrected chi connectivity index (χ4v) is 3.05. The number of methoxy groups -OCH3 is 1. The molecule has 1 spiro atoms. The van der Waals surface area contributed by atoms with Crippen LogP contribution in [0.3, 0.4) is 0 Å². The van der Waals surface area contributed by atoms with Gasteiger partial charge < -0.3 is 28.6 Å². The van der Waals surface area contributed by atoms with Gasteiger partial charge in [-0.1, -0.05) is 0 Å². The number of benzene rings is 1. The fourth-order valence-electron chi connectivity index (χ4n) is 3.05. The van der Waals surface area contributed by atoms with E-state index >= 15 is 0 Å². The summed E-state index contributed by atoms with van der Waals surface area (Å²) in [7, 11) is 1.65. The lowest BCUT2D eigenvalue weighted by Crippen LogP contribution is -3.00. The lowest BCUT2D eigenvalue weighted by atomic mass is 10.1. The predicted molar refractivity (Wildman–Crippen MR) is 79.9 cm³/mol. The molecule has 0 amide bonds. The summed E-state index contributed by atoms with van der Waals surface area (Å²) in [6.45, 7) is 0. The molecule has 0 radical (unpaired) electrons. The maximum atomic E-state index is 6.11. The van der Waals surface area contributed by atoms with Crippen LogP contribution in [0, 0.1) is 0 Å². The van der Waals surface area contributed by atoms with Crippen molar-refractivity contribution in [3.8, 4) is 5.75 Å². The van der Waals surface area contributed by atoms with Crippen molar-refractivity contribution in [2.75, 3.05) is 12.0 Å². The van der Waals surface area contributed by atoms with Gasteiger partial charge in [-0.15, -0.1) is 0 Å². The van der Waals surface area contributed by atoms with Crippen molar-refractivity contribution in [3.63, 3.8) is 0 Å². The van der Waals surface area contributed by atoms with Crippen LogP contribution in [0.4, 0.5) is 5.69 Å². The van der Waals surface area contributed by atoms with Crippen LogP contribution in [-0.4, -0.2) is 24.7 Å². The van der Waals surface area contributed by atoms with E-state index in [1.165, 1.54) is 0 Å². The largest absolute Gasteiger partial charge is 1.00 e. The molecule has 0 saturated heterocycles. The number of halogens is 1. The molecule has 4 N–H and O–H groups in total. The molecule has 6 nitrogen and oxygen atoms in total. The highest BCUT2D eigenvalue weighted by atomic mass is 35.5. The number of aliphatic imine (C=N–C) groups is 2. The number of guanidine groups is 2. The highest BCUT2D eigenvalue weighted by Crippen LogP contribution is 2.40. The first-order chi connectivity index (χ1) is 9.64. The van der Waals surface area contributed by atoms with E-state index in [2.05, 4.69) is 9.98 Å². The number of anilines is 1. The van der Waals surface area contributed by atoms with Crippen LogP contribution in [0.15, 0.2) is 34.3 Å². The van der Waals surface area contributed by atoms with E-state index in [-0.39, 0.29) is 24.0 Å². The SMILES string of the molecule is COc1ccc(N2C(N)=NC(N)=NC23CCCC3)cc1.[Cl-]. The van der Waals surface area contributed by atoms with Crippen molar-refractivity contribution in [1.82, 2.24) is 0 Å². The lowest BCUT2D eigenvalue weighted by Gasteiger charge is -2.41. The molecule has 0 bridgehead atoms. The first kappa shape index (κ1) is 15.4. The number of ether oxygens (including phenoxy) is 1. The molecule has 7 heteroatoms. The highest BCUT2D eigenvalue weighted by molar-refractivity contribution is 6.05. The molecule has 1 aliphatic carbocycles. The van der Waals surface area contributed by atoms with Gasteiger partial charge in [0, 0.05) is 5.69 Å². The van der Waals surface area contributed by atoms with Crippen LogP contribution >= 0.6 is 0 Å². The van der Waals surface area contributed by atoms with E-state index in [0.29, 0.717) is 5.96 Å². The van der Waals surface area contributed by atoms with Crippen LogP contribution in [0.2, 0.25) is 0 Å². The Kier molecular flexibility index (Phi) is 4.27. The van der Waals surface area contributed by atoms with E-state index in [4.69, 9.17) is 16.2 Å². The third-order valence-electron chi connectivity index (χ3n) is 3.93. The van der Waals surface area contributed by atoms with Gasteiger partial charge in [0.1, 0.15) is 11.4 Å². The summed E-state index contributed by atoms with van der Waals surface area (Å²) in [4.78, 5) is 10.7. The molecule has 1 aromatic carbocycles. The number of hydrogen-bond acceptors (Lipinski definition) is 6. The zero-order valence-electron chi connectivity index (χ0n) is 11.9. The molecule has 1 heterocycles. The minimum absolute atomic E-state index is 0. The Hall–Kier alpha value is -1.95. The van der Waals surface area contributed by atoms with Gasteiger partial charge in [0.05, 0.1) is 7.11 Å². The molecule has 21 heavy (non-hydrogen) atoms. The van der Waals surface area contributed by atoms with Crippen molar-refractivity contribution in [2.45, 2.75) is 31.3 Å². The van der Waals surface area contributed by atoms with Gasteiger partial charge >= 0.3 is 0 Å². The van der Waals surface area contributed by atoms with Crippen LogP contribution in [0.5, 0.6) is 5.75 Å². The molecule has 1 aromatic rings. The van der Waals surface area contributed by atoms with Gasteiger partial charge in [-0.3, -0.25) is 4.90 Å². The number of nitrogens with zero attached hydrogens (tertiary/aromatic N) is 3. The third kappa shape index (κ3) is 2.63. The second-order valence-corrected chi connectivity index (χ2v) is 5.16. The zero-order valence-corrected chi connectivity index (χ0v) is 12.7. The van der Waals surface area contributed by atoms with Crippen molar-refractivity contribution in [2.24, 2.45) is 21.5 Å². The first-order valence-corrected chi connectivity index (χ1v) is 6.78. The molecular formula is C14H19ClN5O-. The van der Waals surface area contributed by atoms with Crippen LogP contribution in [0.25, 0.3) is 0 Å². The Morgan fingerprint density at radius 3 is 2.33 bits per heavy atom. The zero-order chi connectivity index (χ0) is 14.2. The Balaban J connectivity index is 0.00000161. The van der Waals surface area contributed by atoms with Gasteiger partial charge in [0.15, 0.2) is 0 Å². The van der Waals surface area contributed by atoms with Gasteiger partial charge in [-0.2, -0.15) is 4.99 Å². The molecule has 114 valence electrons. The predicted octanol–water partition coefficient (Wildman–Crippen LogP) is -1.58. The molecule has 1 saturated carbocycles. The maximum Gasteiger partial charge on any atom is 0.220 e. The average molecular weight is 309 g/mol. The summed E-state index contributed by atoms with van der Waals surface area (Å²) in [5.41, 5.74) is 12.5. The van der Waals surface area contributed by atoms with Gasteiger partial charge in [0.2, 0.25) is 11.9 Å². The fraction of sp³-hybridized carbons (Fsp3) is 0.429.